The molecule has 0 bridgehead atoms. The van der Waals surface area contributed by atoms with Gasteiger partial charge in [-0.15, -0.1) is 11.8 Å². The molecule has 0 aromatic heterocycles. The van der Waals surface area contributed by atoms with Crippen LogP contribution in [0.5, 0.6) is 0 Å². The van der Waals surface area contributed by atoms with Crippen molar-refractivity contribution >= 4 is 11.8 Å². The Balaban J connectivity index is 2.99. The highest BCUT2D eigenvalue weighted by molar-refractivity contribution is 8.02. The fourth-order valence-corrected chi connectivity index (χ4v) is 0.177. The van der Waals surface area contributed by atoms with Gasteiger partial charge in [0.15, 0.2) is 0 Å². The van der Waals surface area contributed by atoms with E-state index in [4.69, 9.17) is 5.84 Å². The number of hydrogen-bond acceptors (Lipinski definition) is 3. The van der Waals surface area contributed by atoms with E-state index in [1.54, 1.807) is 0 Å². The molecule has 0 saturated carbocycles. The zero-order chi connectivity index (χ0) is 4.99. The molecule has 0 saturated heterocycles. The van der Waals surface area contributed by atoms with Gasteiger partial charge < -0.3 is 5.43 Å². The van der Waals surface area contributed by atoms with E-state index in [0.717, 1.165) is 5.03 Å². The van der Waals surface area contributed by atoms with E-state index in [-0.39, 0.29) is 0 Å². The van der Waals surface area contributed by atoms with Gasteiger partial charge in [-0.2, -0.15) is 0 Å². The van der Waals surface area contributed by atoms with Gasteiger partial charge in [0.05, 0.1) is 5.03 Å². The van der Waals surface area contributed by atoms with Crippen molar-refractivity contribution < 1.29 is 0 Å². The standard InChI is InChI=1S/C3H8N2S/c1-3(5-4)6-2/h5H,1,4H2,2H3. The Morgan fingerprint density at radius 3 is 2.50 bits per heavy atom. The quantitative estimate of drug-likeness (QED) is 0.390. The predicted octanol–water partition coefficient (Wildman–Crippen LogP) is 0.284. The van der Waals surface area contributed by atoms with Crippen LogP contribution >= 0.6 is 11.8 Å². The molecule has 0 aliphatic heterocycles. The van der Waals surface area contributed by atoms with Crippen LogP contribution in [-0.2, 0) is 0 Å². The molecule has 0 amide bonds. The molecular formula is C3H8N2S. The number of nitrogens with two attached hydrogens (primary N) is 1. The Hall–Kier alpha value is -0.150. The Morgan fingerprint density at radius 2 is 2.50 bits per heavy atom. The van der Waals surface area contributed by atoms with Gasteiger partial charge in [0.2, 0.25) is 0 Å². The molecule has 3 N–H and O–H groups in total. The van der Waals surface area contributed by atoms with E-state index in [9.17, 15) is 0 Å². The van der Waals surface area contributed by atoms with Crippen molar-refractivity contribution in [1.82, 2.24) is 5.43 Å². The molecule has 0 rings (SSSR count). The van der Waals surface area contributed by atoms with E-state index in [2.05, 4.69) is 12.0 Å². The van der Waals surface area contributed by atoms with Gasteiger partial charge in [-0.1, -0.05) is 6.58 Å². The van der Waals surface area contributed by atoms with Crippen LogP contribution in [0, 0.1) is 0 Å². The highest BCUT2D eigenvalue weighted by Gasteiger charge is 1.76. The Morgan fingerprint density at radius 1 is 2.00 bits per heavy atom. The number of hydrogen-bond donors (Lipinski definition) is 2. The van der Waals surface area contributed by atoms with Crippen LogP contribution in [0.3, 0.4) is 0 Å². The van der Waals surface area contributed by atoms with Crippen LogP contribution in [0.15, 0.2) is 11.6 Å². The molecule has 0 atom stereocenters. The molecule has 0 unspecified atom stereocenters. The van der Waals surface area contributed by atoms with Crippen LogP contribution in [-0.4, -0.2) is 6.26 Å². The molecule has 0 aromatic rings. The third kappa shape index (κ3) is 2.11. The van der Waals surface area contributed by atoms with Crippen LogP contribution in [0.2, 0.25) is 0 Å². The lowest BCUT2D eigenvalue weighted by atomic mass is 11.1. The topological polar surface area (TPSA) is 38.0 Å². The number of nitrogens with one attached hydrogen (secondary N) is 1. The van der Waals surface area contributed by atoms with Gasteiger partial charge in [0.1, 0.15) is 0 Å². The monoisotopic (exact) mass is 104 g/mol. The number of rotatable bonds is 2. The summed E-state index contributed by atoms with van der Waals surface area (Å²) < 4.78 is 0. The van der Waals surface area contributed by atoms with Crippen LogP contribution in [0.25, 0.3) is 0 Å². The smallest absolute Gasteiger partial charge is 0.0746 e. The second kappa shape index (κ2) is 3.06. The first kappa shape index (κ1) is 5.85. The molecule has 0 radical (unpaired) electrons. The minimum Gasteiger partial charge on any atom is -0.319 e. The summed E-state index contributed by atoms with van der Waals surface area (Å²) in [7, 11) is 0. The normalized spacial score (nSPS) is 7.67. The minimum atomic E-state index is 0.787. The van der Waals surface area contributed by atoms with E-state index in [0.29, 0.717) is 0 Å². The molecule has 6 heavy (non-hydrogen) atoms. The van der Waals surface area contributed by atoms with Crippen LogP contribution < -0.4 is 11.3 Å². The van der Waals surface area contributed by atoms with Crippen molar-refractivity contribution in [3.63, 3.8) is 0 Å². The summed E-state index contributed by atoms with van der Waals surface area (Å²) in [6, 6.07) is 0. The maximum atomic E-state index is 4.91. The first-order chi connectivity index (χ1) is 2.81. The Bertz CT molecular complexity index is 46.8. The first-order valence-electron chi connectivity index (χ1n) is 1.50. The largest absolute Gasteiger partial charge is 0.319 e. The summed E-state index contributed by atoms with van der Waals surface area (Å²) >= 11 is 1.49. The molecule has 0 aliphatic carbocycles. The molecule has 0 heterocycles. The lowest BCUT2D eigenvalue weighted by molar-refractivity contribution is 0.954. The maximum absolute atomic E-state index is 4.91. The fraction of sp³-hybridized carbons (Fsp3) is 0.333. The van der Waals surface area contributed by atoms with E-state index in [1.165, 1.54) is 11.8 Å². The highest BCUT2D eigenvalue weighted by Crippen LogP contribution is 1.99. The predicted molar refractivity (Wildman–Crippen MR) is 30.0 cm³/mol. The van der Waals surface area contributed by atoms with E-state index in [1.807, 2.05) is 6.26 Å². The van der Waals surface area contributed by atoms with E-state index < -0.39 is 0 Å². The van der Waals surface area contributed by atoms with Gasteiger partial charge in [-0.05, 0) is 6.26 Å². The molecule has 0 fully saturated rings. The third-order valence-corrected chi connectivity index (χ3v) is 1.02. The molecule has 0 spiro atoms. The van der Waals surface area contributed by atoms with E-state index >= 15 is 0 Å². The van der Waals surface area contributed by atoms with Gasteiger partial charge in [-0.3, -0.25) is 5.84 Å². The number of hydrazine groups is 1. The lowest BCUT2D eigenvalue weighted by Gasteiger charge is -1.94. The first-order valence-corrected chi connectivity index (χ1v) is 2.73. The van der Waals surface area contributed by atoms with Gasteiger partial charge in [-0.25, -0.2) is 0 Å². The fourth-order valence-electron chi connectivity index (χ4n) is 0.0589. The van der Waals surface area contributed by atoms with Crippen molar-refractivity contribution in [3.05, 3.63) is 11.6 Å². The van der Waals surface area contributed by atoms with Gasteiger partial charge in [0, 0.05) is 0 Å². The maximum Gasteiger partial charge on any atom is 0.0746 e. The van der Waals surface area contributed by atoms with Crippen LogP contribution in [0.4, 0.5) is 0 Å². The molecule has 0 aromatic carbocycles. The van der Waals surface area contributed by atoms with Crippen molar-refractivity contribution in [3.8, 4) is 0 Å². The molecular weight excluding hydrogens is 96.1 g/mol. The molecule has 3 heteroatoms. The summed E-state index contributed by atoms with van der Waals surface area (Å²) in [6.45, 7) is 3.52. The summed E-state index contributed by atoms with van der Waals surface area (Å²) in [4.78, 5) is 0. The Labute approximate surface area is 41.8 Å². The zero-order valence-corrected chi connectivity index (χ0v) is 4.51. The summed E-state index contributed by atoms with van der Waals surface area (Å²) in [5.41, 5.74) is 2.38. The van der Waals surface area contributed by atoms with Crippen molar-refractivity contribution in [1.29, 1.82) is 0 Å². The summed E-state index contributed by atoms with van der Waals surface area (Å²) in [5, 5.41) is 0.787. The lowest BCUT2D eigenvalue weighted by Crippen LogP contribution is -2.17. The van der Waals surface area contributed by atoms with Gasteiger partial charge in [0.25, 0.3) is 0 Å². The summed E-state index contributed by atoms with van der Waals surface area (Å²) in [5.74, 6) is 4.91. The van der Waals surface area contributed by atoms with Crippen molar-refractivity contribution in [2.24, 2.45) is 5.84 Å². The summed E-state index contributed by atoms with van der Waals surface area (Å²) in [6.07, 6.45) is 1.90. The minimum absolute atomic E-state index is 0.787. The second-order valence-corrected chi connectivity index (χ2v) is 1.67. The van der Waals surface area contributed by atoms with Crippen LogP contribution in [0.1, 0.15) is 0 Å². The number of thioether (sulfide) groups is 1. The molecule has 0 aliphatic rings. The highest BCUT2D eigenvalue weighted by atomic mass is 32.2. The molecule has 36 valence electrons. The average Bonchev–Trinajstić information content (AvgIpc) is 1.65. The second-order valence-electron chi connectivity index (χ2n) is 0.772. The van der Waals surface area contributed by atoms with Crippen molar-refractivity contribution in [2.75, 3.05) is 6.26 Å². The third-order valence-electron chi connectivity index (χ3n) is 0.407. The Kier molecular flexibility index (Phi) is 2.98. The molecule has 2 nitrogen and oxygen atoms in total. The average molecular weight is 104 g/mol. The van der Waals surface area contributed by atoms with Gasteiger partial charge >= 0.3 is 0 Å². The zero-order valence-electron chi connectivity index (χ0n) is 3.69. The SMILES string of the molecule is C=C(NN)SC. The van der Waals surface area contributed by atoms with Crippen molar-refractivity contribution in [2.45, 2.75) is 0 Å².